The van der Waals surface area contributed by atoms with Gasteiger partial charge in [0.05, 0.1) is 5.56 Å². The molecule has 4 saturated carbocycles. The van der Waals surface area contributed by atoms with Crippen molar-refractivity contribution in [2.24, 2.45) is 11.8 Å². The van der Waals surface area contributed by atoms with E-state index in [2.05, 4.69) is 0 Å². The monoisotopic (exact) mass is 454 g/mol. The van der Waals surface area contributed by atoms with Crippen LogP contribution < -0.4 is 0 Å². The van der Waals surface area contributed by atoms with Gasteiger partial charge in [0.2, 0.25) is 0 Å². The molecule has 4 aliphatic carbocycles. The number of esters is 2. The Balaban J connectivity index is 1.59. The molecule has 31 heavy (non-hydrogen) atoms. The fraction of sp³-hybridized carbons (Fsp3) is 0.636. The summed E-state index contributed by atoms with van der Waals surface area (Å²) in [6.07, 6.45) is 3.31. The zero-order chi connectivity index (χ0) is 22.8. The second-order valence-corrected chi connectivity index (χ2v) is 11.2. The maximum Gasteiger partial charge on any atom is 0.359 e. The average molecular weight is 455 g/mol. The lowest BCUT2D eigenvalue weighted by atomic mass is 9.52. The molecule has 1 aromatic carbocycles. The topological polar surface area (TPSA) is 107 Å². The predicted molar refractivity (Wildman–Crippen MR) is 109 cm³/mol. The third-order valence-electron chi connectivity index (χ3n) is 7.06. The van der Waals surface area contributed by atoms with Gasteiger partial charge in [-0.3, -0.25) is 4.55 Å². The Morgan fingerprint density at radius 3 is 2.16 bits per heavy atom. The highest BCUT2D eigenvalue weighted by molar-refractivity contribution is 7.87. The lowest BCUT2D eigenvalue weighted by Crippen LogP contribution is -2.62. The summed E-state index contributed by atoms with van der Waals surface area (Å²) in [6, 6.07) is 3.79. The van der Waals surface area contributed by atoms with Gasteiger partial charge in [-0.15, -0.1) is 0 Å². The third-order valence-corrected chi connectivity index (χ3v) is 7.77. The van der Waals surface area contributed by atoms with Crippen molar-refractivity contribution in [3.63, 3.8) is 0 Å². The first-order valence-corrected chi connectivity index (χ1v) is 12.0. The van der Waals surface area contributed by atoms with Crippen LogP contribution in [-0.4, -0.2) is 41.6 Å². The van der Waals surface area contributed by atoms with Crippen LogP contribution in [0.3, 0.4) is 0 Å². The van der Waals surface area contributed by atoms with Gasteiger partial charge in [0, 0.05) is 6.42 Å². The maximum absolute atomic E-state index is 13.8. The smallest absolute Gasteiger partial charge is 0.359 e. The largest absolute Gasteiger partial charge is 0.456 e. The summed E-state index contributed by atoms with van der Waals surface area (Å²) in [6.45, 7) is 5.71. The highest BCUT2D eigenvalue weighted by Gasteiger charge is 2.62. The van der Waals surface area contributed by atoms with E-state index in [1.807, 2.05) is 26.8 Å². The Kier molecular flexibility index (Phi) is 5.20. The van der Waals surface area contributed by atoms with Crippen LogP contribution in [0.4, 0.5) is 4.39 Å². The lowest BCUT2D eigenvalue weighted by molar-refractivity contribution is -0.221. The second-order valence-electron chi connectivity index (χ2n) is 9.72. The normalized spacial score (nSPS) is 32.5. The van der Waals surface area contributed by atoms with Gasteiger partial charge in [0.1, 0.15) is 11.2 Å². The van der Waals surface area contributed by atoms with Gasteiger partial charge in [0.15, 0.2) is 0 Å². The highest BCUT2D eigenvalue weighted by Crippen LogP contribution is 2.60. The minimum absolute atomic E-state index is 0.131. The standard InChI is InChI=1S/C22H27FO7S/c1-12-4-13(2)14(3)17(5-12)19(24)29-21-7-15-6-16(8-21)10-22(9-15,11-21)30-20(25)18(23)31(26,27)28/h4-5,15-16,18H,6-11H2,1-3H3,(H,26,27,28). The molecule has 4 bridgehead atoms. The van der Waals surface area contributed by atoms with Crippen molar-refractivity contribution in [2.45, 2.75) is 76.0 Å². The van der Waals surface area contributed by atoms with Crippen LogP contribution in [0.1, 0.15) is 65.6 Å². The molecular formula is C22H27FO7S. The summed E-state index contributed by atoms with van der Waals surface area (Å²) in [7, 11) is -5.20. The number of ether oxygens (including phenoxy) is 2. The quantitative estimate of drug-likeness (QED) is 0.535. The maximum atomic E-state index is 13.8. The molecule has 0 spiro atoms. The fourth-order valence-corrected chi connectivity index (χ4v) is 6.51. The Morgan fingerprint density at radius 2 is 1.61 bits per heavy atom. The lowest BCUT2D eigenvalue weighted by Gasteiger charge is -2.60. The molecule has 170 valence electrons. The SMILES string of the molecule is Cc1cc(C)c(C)c(C(=O)OC23CC4CC(C2)CC(OC(=O)C(F)S(=O)(=O)O)(C4)C3)c1. The van der Waals surface area contributed by atoms with Crippen molar-refractivity contribution >= 4 is 22.1 Å². The predicted octanol–water partition coefficient (Wildman–Crippen LogP) is 3.59. The van der Waals surface area contributed by atoms with Crippen LogP contribution in [0, 0.1) is 32.6 Å². The Hall–Kier alpha value is -2.00. The molecule has 0 amide bonds. The first-order chi connectivity index (χ1) is 14.3. The van der Waals surface area contributed by atoms with Crippen LogP contribution >= 0.6 is 0 Å². The molecule has 0 aromatic heterocycles. The number of rotatable bonds is 5. The summed E-state index contributed by atoms with van der Waals surface area (Å²) in [5.74, 6) is -1.79. The number of carbonyl (C=O) groups excluding carboxylic acids is 2. The van der Waals surface area contributed by atoms with Crippen molar-refractivity contribution in [3.05, 3.63) is 34.4 Å². The first kappa shape index (κ1) is 22.2. The van der Waals surface area contributed by atoms with E-state index in [0.29, 0.717) is 31.2 Å². The molecule has 7 nitrogen and oxygen atoms in total. The Labute approximate surface area is 181 Å². The summed E-state index contributed by atoms with van der Waals surface area (Å²) in [5, 5.41) is 0. The van der Waals surface area contributed by atoms with Crippen LogP contribution in [0.2, 0.25) is 0 Å². The van der Waals surface area contributed by atoms with E-state index in [1.165, 1.54) is 0 Å². The van der Waals surface area contributed by atoms with Crippen molar-refractivity contribution in [1.82, 2.24) is 0 Å². The number of halogens is 1. The molecule has 1 aromatic rings. The third kappa shape index (κ3) is 4.09. The average Bonchev–Trinajstić information content (AvgIpc) is 2.61. The van der Waals surface area contributed by atoms with E-state index in [0.717, 1.165) is 23.1 Å². The van der Waals surface area contributed by atoms with Gasteiger partial charge in [-0.1, -0.05) is 6.07 Å². The molecule has 3 unspecified atom stereocenters. The van der Waals surface area contributed by atoms with Crippen molar-refractivity contribution < 1.29 is 36.4 Å². The van der Waals surface area contributed by atoms with Crippen LogP contribution in [-0.2, 0) is 24.4 Å². The molecule has 3 atom stereocenters. The summed E-state index contributed by atoms with van der Waals surface area (Å²) in [4.78, 5) is 25.2. The van der Waals surface area contributed by atoms with Gasteiger partial charge >= 0.3 is 27.6 Å². The minimum Gasteiger partial charge on any atom is -0.456 e. The van der Waals surface area contributed by atoms with E-state index >= 15 is 0 Å². The summed E-state index contributed by atoms with van der Waals surface area (Å²) in [5.41, 5.74) is -1.79. The van der Waals surface area contributed by atoms with Crippen molar-refractivity contribution in [3.8, 4) is 0 Å². The van der Waals surface area contributed by atoms with Crippen LogP contribution in [0.5, 0.6) is 0 Å². The number of carbonyl (C=O) groups is 2. The Morgan fingerprint density at radius 1 is 1.06 bits per heavy atom. The molecule has 5 rings (SSSR count). The van der Waals surface area contributed by atoms with E-state index in [9.17, 15) is 22.4 Å². The van der Waals surface area contributed by atoms with Gasteiger partial charge in [-0.05, 0) is 87.5 Å². The second kappa shape index (κ2) is 7.27. The van der Waals surface area contributed by atoms with E-state index < -0.39 is 38.8 Å². The van der Waals surface area contributed by atoms with Crippen LogP contribution in [0.15, 0.2) is 12.1 Å². The summed E-state index contributed by atoms with van der Waals surface area (Å²) < 4.78 is 56.2. The van der Waals surface area contributed by atoms with Gasteiger partial charge in [-0.25, -0.2) is 14.0 Å². The molecule has 4 fully saturated rings. The first-order valence-electron chi connectivity index (χ1n) is 10.5. The molecule has 4 aliphatic rings. The van der Waals surface area contributed by atoms with E-state index in [1.54, 1.807) is 6.07 Å². The van der Waals surface area contributed by atoms with E-state index in [4.69, 9.17) is 14.0 Å². The molecule has 0 aliphatic heterocycles. The van der Waals surface area contributed by atoms with Gasteiger partial charge in [-0.2, -0.15) is 8.42 Å². The van der Waals surface area contributed by atoms with Gasteiger partial charge in [0.25, 0.3) is 0 Å². The molecule has 1 N–H and O–H groups in total. The number of hydrogen-bond acceptors (Lipinski definition) is 6. The van der Waals surface area contributed by atoms with E-state index in [-0.39, 0.29) is 18.3 Å². The number of hydrogen-bond donors (Lipinski definition) is 1. The zero-order valence-electron chi connectivity index (χ0n) is 17.8. The van der Waals surface area contributed by atoms with Gasteiger partial charge < -0.3 is 9.47 Å². The Bertz CT molecular complexity index is 1030. The molecule has 0 radical (unpaired) electrons. The molecular weight excluding hydrogens is 427 g/mol. The highest BCUT2D eigenvalue weighted by atomic mass is 32.2. The summed E-state index contributed by atoms with van der Waals surface area (Å²) >= 11 is 0. The van der Waals surface area contributed by atoms with Crippen molar-refractivity contribution in [2.75, 3.05) is 0 Å². The number of aryl methyl sites for hydroxylation is 2. The number of alkyl halides is 1. The molecule has 0 heterocycles. The van der Waals surface area contributed by atoms with Crippen LogP contribution in [0.25, 0.3) is 0 Å². The minimum atomic E-state index is -5.20. The molecule has 0 saturated heterocycles. The molecule has 9 heteroatoms. The fourth-order valence-electron chi connectivity index (χ4n) is 6.22. The zero-order valence-corrected chi connectivity index (χ0v) is 18.6. The number of benzene rings is 1. The van der Waals surface area contributed by atoms with Crippen molar-refractivity contribution in [1.29, 1.82) is 0 Å².